The topological polar surface area (TPSA) is 52.6 Å². The number of carbonyl (C=O) groups excluding carboxylic acids is 2. The molecule has 0 unspecified atom stereocenters. The maximum absolute atomic E-state index is 12.3. The van der Waals surface area contributed by atoms with E-state index in [-0.39, 0.29) is 0 Å². The molecule has 0 aliphatic rings. The Labute approximate surface area is 70.0 Å². The van der Waals surface area contributed by atoms with Crippen LogP contribution in [0.2, 0.25) is 0 Å². The second kappa shape index (κ2) is 4.10. The Morgan fingerprint density at radius 2 is 1.69 bits per heavy atom. The van der Waals surface area contributed by atoms with Crippen molar-refractivity contribution in [2.75, 3.05) is 7.11 Å². The number of ether oxygens (including phenoxy) is 1. The zero-order valence-electron chi connectivity index (χ0n) is 6.22. The third kappa shape index (κ3) is 2.92. The van der Waals surface area contributed by atoms with Crippen LogP contribution in [-0.2, 0) is 19.0 Å². The highest BCUT2D eigenvalue weighted by atomic mass is 19.3. The zero-order chi connectivity index (χ0) is 10.6. The molecular weight excluding hydrogens is 199 g/mol. The van der Waals surface area contributed by atoms with Crippen molar-refractivity contribution in [3.05, 3.63) is 0 Å². The summed E-state index contributed by atoms with van der Waals surface area (Å²) in [6.07, 6.45) is 0. The van der Waals surface area contributed by atoms with Crippen molar-refractivity contribution in [2.45, 2.75) is 5.92 Å². The molecule has 0 N–H and O–H groups in total. The Morgan fingerprint density at radius 1 is 1.23 bits per heavy atom. The number of rotatable bonds is 3. The second-order valence-electron chi connectivity index (χ2n) is 1.73. The second-order valence-corrected chi connectivity index (χ2v) is 1.73. The minimum atomic E-state index is -4.70. The minimum absolute atomic E-state index is 0.575. The SMILES string of the molecule is COC(=O)C(F)(F)C(=O)OB(F)F. The first-order valence-corrected chi connectivity index (χ1v) is 2.77. The summed E-state index contributed by atoms with van der Waals surface area (Å²) < 4.78 is 53.4. The van der Waals surface area contributed by atoms with Gasteiger partial charge in [0, 0.05) is 0 Å². The van der Waals surface area contributed by atoms with E-state index in [1.165, 1.54) is 0 Å². The van der Waals surface area contributed by atoms with E-state index >= 15 is 0 Å². The van der Waals surface area contributed by atoms with Gasteiger partial charge in [-0.05, 0) is 0 Å². The van der Waals surface area contributed by atoms with E-state index < -0.39 is 25.3 Å². The maximum Gasteiger partial charge on any atom is 0.798 e. The first kappa shape index (κ1) is 11.7. The standard InChI is InChI=1S/C4H3BF4O4/c1-12-2(10)4(6,7)3(11)13-5(8)9/h1H3. The van der Waals surface area contributed by atoms with Crippen LogP contribution in [-0.4, -0.2) is 32.4 Å². The summed E-state index contributed by atoms with van der Waals surface area (Å²) in [6.45, 7) is 0. The molecule has 0 saturated heterocycles. The summed E-state index contributed by atoms with van der Waals surface area (Å²) in [5.74, 6) is -9.60. The van der Waals surface area contributed by atoms with Crippen molar-refractivity contribution in [2.24, 2.45) is 0 Å². The van der Waals surface area contributed by atoms with E-state index in [1.54, 1.807) is 0 Å². The highest BCUT2D eigenvalue weighted by Crippen LogP contribution is 2.17. The average Bonchev–Trinajstić information content (AvgIpc) is 2.01. The highest BCUT2D eigenvalue weighted by Gasteiger charge is 2.52. The molecule has 0 saturated carbocycles. The molecule has 0 aromatic heterocycles. The molecule has 9 heteroatoms. The number of carbonyl (C=O) groups is 2. The smallest absolute Gasteiger partial charge is 0.473 e. The monoisotopic (exact) mass is 202 g/mol. The summed E-state index contributed by atoms with van der Waals surface area (Å²) in [6, 6.07) is 0. The molecule has 74 valence electrons. The van der Waals surface area contributed by atoms with Crippen LogP contribution in [0.5, 0.6) is 0 Å². The fourth-order valence-corrected chi connectivity index (χ4v) is 0.366. The van der Waals surface area contributed by atoms with Crippen LogP contribution in [0.3, 0.4) is 0 Å². The average molecular weight is 202 g/mol. The van der Waals surface area contributed by atoms with Crippen molar-refractivity contribution < 1.29 is 36.4 Å². The lowest BCUT2D eigenvalue weighted by Crippen LogP contribution is -2.41. The molecule has 0 rings (SSSR count). The van der Waals surface area contributed by atoms with E-state index in [0.717, 1.165) is 0 Å². The van der Waals surface area contributed by atoms with Gasteiger partial charge in [-0.3, -0.25) is 0 Å². The molecule has 0 heterocycles. The van der Waals surface area contributed by atoms with Crippen LogP contribution < -0.4 is 0 Å². The number of methoxy groups -OCH3 is 1. The van der Waals surface area contributed by atoms with Crippen LogP contribution in [0.1, 0.15) is 0 Å². The van der Waals surface area contributed by atoms with Crippen molar-refractivity contribution in [1.82, 2.24) is 0 Å². The van der Waals surface area contributed by atoms with Gasteiger partial charge in [0.2, 0.25) is 0 Å². The maximum atomic E-state index is 12.3. The number of alkyl halides is 2. The van der Waals surface area contributed by atoms with Crippen LogP contribution in [0, 0.1) is 0 Å². The minimum Gasteiger partial charge on any atom is -0.473 e. The summed E-state index contributed by atoms with van der Waals surface area (Å²) in [5.41, 5.74) is 0. The van der Waals surface area contributed by atoms with Crippen molar-refractivity contribution in [3.63, 3.8) is 0 Å². The highest BCUT2D eigenvalue weighted by molar-refractivity contribution is 6.38. The third-order valence-electron chi connectivity index (χ3n) is 0.894. The van der Waals surface area contributed by atoms with Gasteiger partial charge in [-0.15, -0.1) is 0 Å². The molecule has 0 fully saturated rings. The number of hydrogen-bond donors (Lipinski definition) is 0. The Kier molecular flexibility index (Phi) is 3.70. The van der Waals surface area contributed by atoms with E-state index in [9.17, 15) is 27.0 Å². The molecule has 0 aliphatic carbocycles. The quantitative estimate of drug-likeness (QED) is 0.285. The summed E-state index contributed by atoms with van der Waals surface area (Å²) in [5, 5.41) is 0. The Morgan fingerprint density at radius 3 is 2.00 bits per heavy atom. The largest absolute Gasteiger partial charge is 0.798 e. The Hall–Kier alpha value is -1.28. The lowest BCUT2D eigenvalue weighted by Gasteiger charge is -2.10. The molecule has 0 amide bonds. The first-order chi connectivity index (χ1) is 5.82. The lowest BCUT2D eigenvalue weighted by molar-refractivity contribution is -0.184. The molecule has 13 heavy (non-hydrogen) atoms. The Balaban J connectivity index is 4.45. The molecule has 0 radical (unpaired) electrons. The van der Waals surface area contributed by atoms with Crippen LogP contribution in [0.25, 0.3) is 0 Å². The van der Waals surface area contributed by atoms with Crippen molar-refractivity contribution in [1.29, 1.82) is 0 Å². The normalized spacial score (nSPS) is 10.5. The van der Waals surface area contributed by atoms with Gasteiger partial charge >= 0.3 is 25.3 Å². The van der Waals surface area contributed by atoms with E-state index in [4.69, 9.17) is 0 Å². The molecule has 0 aliphatic heterocycles. The van der Waals surface area contributed by atoms with E-state index in [2.05, 4.69) is 9.39 Å². The molecule has 0 bridgehead atoms. The Bertz CT molecular complexity index is 218. The van der Waals surface area contributed by atoms with Gasteiger partial charge in [0.05, 0.1) is 7.11 Å². The fourth-order valence-electron chi connectivity index (χ4n) is 0.366. The zero-order valence-corrected chi connectivity index (χ0v) is 6.22. The predicted molar refractivity (Wildman–Crippen MR) is 31.0 cm³/mol. The molecule has 4 nitrogen and oxygen atoms in total. The van der Waals surface area contributed by atoms with Crippen LogP contribution >= 0.6 is 0 Å². The van der Waals surface area contributed by atoms with Gasteiger partial charge in [0.1, 0.15) is 0 Å². The fraction of sp³-hybridized carbons (Fsp3) is 0.500. The van der Waals surface area contributed by atoms with Gasteiger partial charge in [0.25, 0.3) is 0 Å². The van der Waals surface area contributed by atoms with Gasteiger partial charge in [-0.25, -0.2) is 18.2 Å². The lowest BCUT2D eigenvalue weighted by atomic mass is 10.3. The van der Waals surface area contributed by atoms with Crippen molar-refractivity contribution in [3.8, 4) is 0 Å². The van der Waals surface area contributed by atoms with Crippen LogP contribution in [0.15, 0.2) is 0 Å². The first-order valence-electron chi connectivity index (χ1n) is 2.77. The molecule has 0 spiro atoms. The third-order valence-corrected chi connectivity index (χ3v) is 0.894. The number of esters is 1. The predicted octanol–water partition coefficient (Wildman–Crippen LogP) is 0.262. The summed E-state index contributed by atoms with van der Waals surface area (Å²) >= 11 is 0. The number of hydrogen-bond acceptors (Lipinski definition) is 4. The summed E-state index contributed by atoms with van der Waals surface area (Å²) in [7, 11) is -3.13. The van der Waals surface area contributed by atoms with Crippen molar-refractivity contribution >= 4 is 19.4 Å². The van der Waals surface area contributed by atoms with Gasteiger partial charge < -0.3 is 9.39 Å². The molecule has 0 aromatic carbocycles. The molecule has 0 aromatic rings. The van der Waals surface area contributed by atoms with E-state index in [0.29, 0.717) is 7.11 Å². The van der Waals surface area contributed by atoms with Crippen LogP contribution in [0.4, 0.5) is 17.4 Å². The number of halogens is 4. The van der Waals surface area contributed by atoms with Gasteiger partial charge in [-0.2, -0.15) is 8.78 Å². The van der Waals surface area contributed by atoms with Gasteiger partial charge in [-0.1, -0.05) is 0 Å². The molecular formula is C4H3BF4O4. The van der Waals surface area contributed by atoms with Gasteiger partial charge in [0.15, 0.2) is 0 Å². The summed E-state index contributed by atoms with van der Waals surface area (Å²) in [4.78, 5) is 20.3. The molecule has 0 atom stereocenters. The van der Waals surface area contributed by atoms with E-state index in [1.807, 2.05) is 0 Å².